The molecule has 39 heavy (non-hydrogen) atoms. The Balaban J connectivity index is 1.26. The third kappa shape index (κ3) is 6.64. The number of nitrogens with one attached hydrogen (secondary N) is 2. The molecule has 0 radical (unpaired) electrons. The van der Waals surface area contributed by atoms with Gasteiger partial charge in [0.15, 0.2) is 0 Å². The molecule has 204 valence electrons. The Labute approximate surface area is 228 Å². The standard InChI is InChI=1S/C31H35N3O5/c1-19(28(35)34-22-14-12-20(13-15-22)16-21(32)17-31(2,3)29(36)37)33-30(38)39-18-27-25-10-6-4-8-23(25)24-9-5-7-11-26(24)27/h4-15,19,21,27H,16-18,32H2,1-3H3,(H,33,38)(H,34,35)(H,36,37). The van der Waals surface area contributed by atoms with Crippen LogP contribution in [-0.2, 0) is 20.7 Å². The minimum atomic E-state index is -0.899. The number of carbonyl (C=O) groups excluding carboxylic acids is 2. The number of carbonyl (C=O) groups is 3. The summed E-state index contributed by atoms with van der Waals surface area (Å²) >= 11 is 0. The number of aliphatic carboxylic acids is 1. The molecule has 0 fully saturated rings. The highest BCUT2D eigenvalue weighted by molar-refractivity contribution is 5.96. The maximum Gasteiger partial charge on any atom is 0.407 e. The van der Waals surface area contributed by atoms with Gasteiger partial charge in [0, 0.05) is 17.6 Å². The molecule has 2 atom stereocenters. The number of hydrogen-bond donors (Lipinski definition) is 4. The van der Waals surface area contributed by atoms with Crippen LogP contribution in [0.4, 0.5) is 10.5 Å². The van der Waals surface area contributed by atoms with Crippen molar-refractivity contribution in [1.82, 2.24) is 5.32 Å². The Morgan fingerprint density at radius 2 is 1.51 bits per heavy atom. The van der Waals surface area contributed by atoms with E-state index in [9.17, 15) is 19.5 Å². The molecule has 1 aliphatic rings. The molecular formula is C31H35N3O5. The highest BCUT2D eigenvalue weighted by Crippen LogP contribution is 2.44. The van der Waals surface area contributed by atoms with Crippen LogP contribution in [0.1, 0.15) is 49.8 Å². The summed E-state index contributed by atoms with van der Waals surface area (Å²) in [7, 11) is 0. The van der Waals surface area contributed by atoms with E-state index in [2.05, 4.69) is 22.8 Å². The molecular weight excluding hydrogens is 494 g/mol. The summed E-state index contributed by atoms with van der Waals surface area (Å²) in [5, 5.41) is 14.7. The van der Waals surface area contributed by atoms with Crippen LogP contribution in [0.25, 0.3) is 11.1 Å². The third-order valence-electron chi connectivity index (χ3n) is 7.14. The van der Waals surface area contributed by atoms with E-state index in [-0.39, 0.29) is 24.5 Å². The molecule has 2 unspecified atom stereocenters. The lowest BCUT2D eigenvalue weighted by Crippen LogP contribution is -2.42. The average molecular weight is 530 g/mol. The van der Waals surface area contributed by atoms with Crippen molar-refractivity contribution in [2.75, 3.05) is 11.9 Å². The van der Waals surface area contributed by atoms with Gasteiger partial charge in [0.05, 0.1) is 5.41 Å². The van der Waals surface area contributed by atoms with E-state index in [1.54, 1.807) is 32.9 Å². The molecule has 1 aliphatic carbocycles. The van der Waals surface area contributed by atoms with Crippen LogP contribution in [0.2, 0.25) is 0 Å². The van der Waals surface area contributed by atoms with Crippen molar-refractivity contribution in [3.05, 3.63) is 89.5 Å². The molecule has 3 aromatic carbocycles. The maximum atomic E-state index is 12.7. The second-order valence-electron chi connectivity index (χ2n) is 10.7. The summed E-state index contributed by atoms with van der Waals surface area (Å²) in [4.78, 5) is 36.5. The molecule has 0 spiro atoms. The quantitative estimate of drug-likeness (QED) is 0.295. The summed E-state index contributed by atoms with van der Waals surface area (Å²) in [6.45, 7) is 5.08. The number of hydrogen-bond acceptors (Lipinski definition) is 5. The van der Waals surface area contributed by atoms with E-state index in [0.717, 1.165) is 27.8 Å². The molecule has 0 aliphatic heterocycles. The predicted octanol–water partition coefficient (Wildman–Crippen LogP) is 4.92. The zero-order valence-corrected chi connectivity index (χ0v) is 22.4. The van der Waals surface area contributed by atoms with Gasteiger partial charge in [-0.15, -0.1) is 0 Å². The number of carboxylic acids is 1. The fourth-order valence-corrected chi connectivity index (χ4v) is 4.97. The fraction of sp³-hybridized carbons (Fsp3) is 0.323. The van der Waals surface area contributed by atoms with Gasteiger partial charge in [-0.05, 0) is 73.6 Å². The van der Waals surface area contributed by atoms with Crippen LogP contribution < -0.4 is 16.4 Å². The van der Waals surface area contributed by atoms with Crippen molar-refractivity contribution in [2.45, 2.75) is 51.6 Å². The number of benzene rings is 3. The molecule has 4 rings (SSSR count). The average Bonchev–Trinajstić information content (AvgIpc) is 3.21. The van der Waals surface area contributed by atoms with E-state index in [1.165, 1.54) is 0 Å². The van der Waals surface area contributed by atoms with Crippen LogP contribution >= 0.6 is 0 Å². The zero-order chi connectivity index (χ0) is 28.2. The zero-order valence-electron chi connectivity index (χ0n) is 22.4. The van der Waals surface area contributed by atoms with Crippen LogP contribution in [0, 0.1) is 5.41 Å². The minimum absolute atomic E-state index is 0.0610. The molecule has 0 aromatic heterocycles. The normalized spacial score (nSPS) is 14.1. The number of fused-ring (bicyclic) bond motifs is 3. The van der Waals surface area contributed by atoms with Gasteiger partial charge < -0.3 is 26.2 Å². The van der Waals surface area contributed by atoms with E-state index in [4.69, 9.17) is 10.5 Å². The molecule has 0 saturated heterocycles. The number of carboxylic acid groups (broad SMARTS) is 1. The summed E-state index contributed by atoms with van der Waals surface area (Å²) < 4.78 is 5.53. The Morgan fingerprint density at radius 3 is 2.08 bits per heavy atom. The van der Waals surface area contributed by atoms with Gasteiger partial charge in [-0.3, -0.25) is 9.59 Å². The number of nitrogens with two attached hydrogens (primary N) is 1. The van der Waals surface area contributed by atoms with Gasteiger partial charge in [0.2, 0.25) is 5.91 Å². The lowest BCUT2D eigenvalue weighted by molar-refractivity contribution is -0.147. The molecule has 0 saturated carbocycles. The molecule has 5 N–H and O–H groups in total. The van der Waals surface area contributed by atoms with Crippen molar-refractivity contribution >= 4 is 23.7 Å². The van der Waals surface area contributed by atoms with Crippen LogP contribution in [0.5, 0.6) is 0 Å². The number of amides is 2. The molecule has 3 aromatic rings. The Bertz CT molecular complexity index is 1310. The van der Waals surface area contributed by atoms with Gasteiger partial charge in [-0.25, -0.2) is 4.79 Å². The SMILES string of the molecule is CC(NC(=O)OCC1c2ccccc2-c2ccccc21)C(=O)Nc1ccc(CC(N)CC(C)(C)C(=O)O)cc1. The first-order valence-corrected chi connectivity index (χ1v) is 13.1. The second-order valence-corrected chi connectivity index (χ2v) is 10.7. The number of ether oxygens (including phenoxy) is 1. The molecule has 8 nitrogen and oxygen atoms in total. The Hall–Kier alpha value is -4.17. The van der Waals surface area contributed by atoms with Crippen molar-refractivity contribution < 1.29 is 24.2 Å². The number of rotatable bonds is 10. The fourth-order valence-electron chi connectivity index (χ4n) is 4.97. The minimum Gasteiger partial charge on any atom is -0.481 e. The van der Waals surface area contributed by atoms with E-state index >= 15 is 0 Å². The molecule has 0 bridgehead atoms. The smallest absolute Gasteiger partial charge is 0.407 e. The first kappa shape index (κ1) is 27.9. The van der Waals surface area contributed by atoms with E-state index in [0.29, 0.717) is 18.5 Å². The van der Waals surface area contributed by atoms with E-state index < -0.39 is 23.5 Å². The number of alkyl carbamates (subject to hydrolysis) is 1. The van der Waals surface area contributed by atoms with Crippen molar-refractivity contribution in [1.29, 1.82) is 0 Å². The highest BCUT2D eigenvalue weighted by atomic mass is 16.5. The lowest BCUT2D eigenvalue weighted by atomic mass is 9.84. The summed E-state index contributed by atoms with van der Waals surface area (Å²) in [5.74, 6) is -1.32. The van der Waals surface area contributed by atoms with Crippen LogP contribution in [-0.4, -0.2) is 41.8 Å². The van der Waals surface area contributed by atoms with Gasteiger partial charge >= 0.3 is 12.1 Å². The first-order valence-electron chi connectivity index (χ1n) is 13.1. The topological polar surface area (TPSA) is 131 Å². The maximum absolute atomic E-state index is 12.7. The van der Waals surface area contributed by atoms with Gasteiger partial charge in [-0.1, -0.05) is 60.7 Å². The first-order chi connectivity index (χ1) is 18.5. The van der Waals surface area contributed by atoms with Gasteiger partial charge in [-0.2, -0.15) is 0 Å². The van der Waals surface area contributed by atoms with Crippen molar-refractivity contribution in [3.63, 3.8) is 0 Å². The second kappa shape index (κ2) is 11.7. The Kier molecular flexibility index (Phi) is 8.35. The molecule has 8 heteroatoms. The lowest BCUT2D eigenvalue weighted by Gasteiger charge is -2.23. The van der Waals surface area contributed by atoms with Crippen LogP contribution in [0.3, 0.4) is 0 Å². The van der Waals surface area contributed by atoms with Gasteiger partial charge in [0.1, 0.15) is 12.6 Å². The van der Waals surface area contributed by atoms with Crippen LogP contribution in [0.15, 0.2) is 72.8 Å². The monoisotopic (exact) mass is 529 g/mol. The predicted molar refractivity (Wildman–Crippen MR) is 150 cm³/mol. The molecule has 2 amide bonds. The van der Waals surface area contributed by atoms with E-state index in [1.807, 2.05) is 48.5 Å². The molecule has 0 heterocycles. The third-order valence-corrected chi connectivity index (χ3v) is 7.14. The number of anilines is 1. The van der Waals surface area contributed by atoms with Crippen molar-refractivity contribution in [3.8, 4) is 11.1 Å². The van der Waals surface area contributed by atoms with Crippen molar-refractivity contribution in [2.24, 2.45) is 11.1 Å². The summed E-state index contributed by atoms with van der Waals surface area (Å²) in [5.41, 5.74) is 11.3. The van der Waals surface area contributed by atoms with Gasteiger partial charge in [0.25, 0.3) is 0 Å². The Morgan fingerprint density at radius 1 is 0.949 bits per heavy atom. The largest absolute Gasteiger partial charge is 0.481 e. The summed E-state index contributed by atoms with van der Waals surface area (Å²) in [6.07, 6.45) is 0.206. The highest BCUT2D eigenvalue weighted by Gasteiger charge is 2.30. The summed E-state index contributed by atoms with van der Waals surface area (Å²) in [6, 6.07) is 22.3.